The van der Waals surface area contributed by atoms with Crippen molar-refractivity contribution in [2.24, 2.45) is 7.05 Å². The van der Waals surface area contributed by atoms with Crippen molar-refractivity contribution in [2.45, 2.75) is 6.04 Å². The molecule has 6 nitrogen and oxygen atoms in total. The van der Waals surface area contributed by atoms with Crippen LogP contribution in [-0.4, -0.2) is 30.8 Å². The van der Waals surface area contributed by atoms with E-state index in [-0.39, 0.29) is 6.04 Å². The van der Waals surface area contributed by atoms with E-state index in [9.17, 15) is 0 Å². The Bertz CT molecular complexity index is 394. The number of hydrogen-bond acceptors (Lipinski definition) is 6. The van der Waals surface area contributed by atoms with Gasteiger partial charge in [0.25, 0.3) is 0 Å². The molecular formula is C7H10N6S. The number of aryl methyl sites for hydroxylation is 1. The van der Waals surface area contributed by atoms with E-state index in [1.165, 1.54) is 16.5 Å². The highest BCUT2D eigenvalue weighted by atomic mass is 32.1. The maximum Gasteiger partial charge on any atom is 0.106 e. The molecular weight excluding hydrogens is 200 g/mol. The molecule has 0 spiro atoms. The lowest BCUT2D eigenvalue weighted by Gasteiger charge is -2.08. The maximum atomic E-state index is 4.22. The average Bonchev–Trinajstić information content (AvgIpc) is 2.79. The van der Waals surface area contributed by atoms with Gasteiger partial charge in [-0.05, 0) is 7.05 Å². The van der Waals surface area contributed by atoms with E-state index in [0.29, 0.717) is 0 Å². The van der Waals surface area contributed by atoms with Crippen LogP contribution in [0.1, 0.15) is 17.4 Å². The summed E-state index contributed by atoms with van der Waals surface area (Å²) in [4.78, 5) is 1.53. The number of rotatable bonds is 3. The summed E-state index contributed by atoms with van der Waals surface area (Å²) in [5.41, 5.74) is 1.72. The summed E-state index contributed by atoms with van der Waals surface area (Å²) in [7, 11) is 3.65. The van der Waals surface area contributed by atoms with Crippen LogP contribution in [0.5, 0.6) is 0 Å². The van der Waals surface area contributed by atoms with Crippen molar-refractivity contribution >= 4 is 11.7 Å². The minimum atomic E-state index is -0.0255. The number of nitrogens with one attached hydrogen (secondary N) is 1. The van der Waals surface area contributed by atoms with Crippen LogP contribution in [0.25, 0.3) is 0 Å². The van der Waals surface area contributed by atoms with Crippen molar-refractivity contribution in [1.29, 1.82) is 0 Å². The largest absolute Gasteiger partial charge is 0.307 e. The molecule has 1 N–H and O–H groups in total. The van der Waals surface area contributed by atoms with E-state index in [1.807, 2.05) is 7.05 Å². The molecule has 2 heterocycles. The highest BCUT2D eigenvalue weighted by Gasteiger charge is 2.17. The van der Waals surface area contributed by atoms with Gasteiger partial charge in [0.2, 0.25) is 0 Å². The van der Waals surface area contributed by atoms with Crippen LogP contribution in [-0.2, 0) is 7.05 Å². The maximum absolute atomic E-state index is 4.22. The van der Waals surface area contributed by atoms with Crippen molar-refractivity contribution < 1.29 is 0 Å². The van der Waals surface area contributed by atoms with Crippen LogP contribution < -0.4 is 5.32 Å². The molecule has 0 aromatic carbocycles. The summed E-state index contributed by atoms with van der Waals surface area (Å²) in [5.74, 6) is 0. The number of aromatic nitrogens is 5. The third-order valence-electron chi connectivity index (χ3n) is 1.88. The molecule has 1 atom stereocenters. The fourth-order valence-corrected chi connectivity index (χ4v) is 1.69. The molecule has 2 rings (SSSR count). The zero-order valence-corrected chi connectivity index (χ0v) is 8.69. The lowest BCUT2D eigenvalue weighted by Crippen LogP contribution is -2.18. The number of hydrogen-bond donors (Lipinski definition) is 1. The van der Waals surface area contributed by atoms with Crippen molar-refractivity contribution in [3.63, 3.8) is 0 Å². The number of nitrogens with zero attached hydrogens (tertiary/aromatic N) is 5. The predicted molar refractivity (Wildman–Crippen MR) is 51.8 cm³/mol. The van der Waals surface area contributed by atoms with Gasteiger partial charge in [0, 0.05) is 7.05 Å². The Morgan fingerprint density at radius 3 is 2.79 bits per heavy atom. The molecule has 2 aromatic heterocycles. The van der Waals surface area contributed by atoms with Crippen molar-refractivity contribution in [3.05, 3.63) is 23.8 Å². The van der Waals surface area contributed by atoms with Crippen LogP contribution in [0.15, 0.2) is 12.4 Å². The Morgan fingerprint density at radius 2 is 2.29 bits per heavy atom. The van der Waals surface area contributed by atoms with Gasteiger partial charge in [-0.15, -0.1) is 0 Å². The van der Waals surface area contributed by atoms with Gasteiger partial charge < -0.3 is 5.32 Å². The summed E-state index contributed by atoms with van der Waals surface area (Å²) >= 11 is 1.19. The summed E-state index contributed by atoms with van der Waals surface area (Å²) < 4.78 is 8.12. The van der Waals surface area contributed by atoms with Crippen molar-refractivity contribution in [2.75, 3.05) is 7.05 Å². The summed E-state index contributed by atoms with van der Waals surface area (Å²) in [6, 6.07) is -0.0255. The Labute approximate surface area is 85.3 Å². The second-order valence-electron chi connectivity index (χ2n) is 2.81. The molecule has 0 aliphatic rings. The van der Waals surface area contributed by atoms with Gasteiger partial charge in [-0.25, -0.2) is 0 Å². The molecule has 0 radical (unpaired) electrons. The zero-order chi connectivity index (χ0) is 9.97. The first kappa shape index (κ1) is 9.22. The van der Waals surface area contributed by atoms with Crippen LogP contribution in [0.2, 0.25) is 0 Å². The molecule has 0 aliphatic heterocycles. The first-order valence-corrected chi connectivity index (χ1v) is 4.85. The van der Waals surface area contributed by atoms with Crippen LogP contribution in [0.4, 0.5) is 0 Å². The van der Waals surface area contributed by atoms with E-state index < -0.39 is 0 Å². The van der Waals surface area contributed by atoms with E-state index in [2.05, 4.69) is 24.3 Å². The van der Waals surface area contributed by atoms with Crippen LogP contribution in [0.3, 0.4) is 0 Å². The molecule has 0 bridgehead atoms. The molecule has 0 fully saturated rings. The normalized spacial score (nSPS) is 13.0. The standard InChI is InChI=1S/C7H10N6S/c1-8-7(6-4-10-14-12-6)5-3-9-13(2)11-5/h3-4,7-8H,1-2H3. The van der Waals surface area contributed by atoms with E-state index >= 15 is 0 Å². The smallest absolute Gasteiger partial charge is 0.106 e. The third kappa shape index (κ3) is 1.64. The average molecular weight is 210 g/mol. The lowest BCUT2D eigenvalue weighted by atomic mass is 10.2. The van der Waals surface area contributed by atoms with Gasteiger partial charge in [-0.1, -0.05) is 0 Å². The quantitative estimate of drug-likeness (QED) is 0.770. The molecule has 0 aliphatic carbocycles. The van der Waals surface area contributed by atoms with E-state index in [4.69, 9.17) is 0 Å². The van der Waals surface area contributed by atoms with Crippen molar-refractivity contribution in [3.8, 4) is 0 Å². The Hall–Kier alpha value is -1.34. The van der Waals surface area contributed by atoms with Gasteiger partial charge in [-0.3, -0.25) is 0 Å². The van der Waals surface area contributed by atoms with Gasteiger partial charge in [-0.2, -0.15) is 23.7 Å². The van der Waals surface area contributed by atoms with Gasteiger partial charge >= 0.3 is 0 Å². The minimum absolute atomic E-state index is 0.0255. The molecule has 0 amide bonds. The zero-order valence-electron chi connectivity index (χ0n) is 7.88. The van der Waals surface area contributed by atoms with Crippen molar-refractivity contribution in [1.82, 2.24) is 29.1 Å². The molecule has 0 saturated heterocycles. The van der Waals surface area contributed by atoms with Gasteiger partial charge in [0.15, 0.2) is 0 Å². The van der Waals surface area contributed by atoms with Gasteiger partial charge in [0.1, 0.15) is 5.69 Å². The molecule has 1 unspecified atom stereocenters. The fraction of sp³-hybridized carbons (Fsp3) is 0.429. The summed E-state index contributed by atoms with van der Waals surface area (Å²) in [5, 5.41) is 11.4. The third-order valence-corrected chi connectivity index (χ3v) is 2.37. The van der Waals surface area contributed by atoms with E-state index in [1.54, 1.807) is 19.4 Å². The molecule has 2 aromatic rings. The van der Waals surface area contributed by atoms with Crippen LogP contribution >= 0.6 is 11.7 Å². The van der Waals surface area contributed by atoms with E-state index in [0.717, 1.165) is 11.4 Å². The topological polar surface area (TPSA) is 68.5 Å². The first-order chi connectivity index (χ1) is 6.81. The predicted octanol–water partition coefficient (Wildman–Crippen LogP) is -0.0246. The molecule has 0 saturated carbocycles. The minimum Gasteiger partial charge on any atom is -0.307 e. The van der Waals surface area contributed by atoms with Crippen LogP contribution in [0, 0.1) is 0 Å². The summed E-state index contributed by atoms with van der Waals surface area (Å²) in [6.07, 6.45) is 3.46. The molecule has 74 valence electrons. The Morgan fingerprint density at radius 1 is 1.43 bits per heavy atom. The second-order valence-corrected chi connectivity index (χ2v) is 3.37. The second kappa shape index (κ2) is 3.81. The first-order valence-electron chi connectivity index (χ1n) is 4.12. The fourth-order valence-electron chi connectivity index (χ4n) is 1.24. The Balaban J connectivity index is 2.31. The lowest BCUT2D eigenvalue weighted by molar-refractivity contribution is 0.607. The molecule has 7 heteroatoms. The monoisotopic (exact) mass is 210 g/mol. The van der Waals surface area contributed by atoms with Gasteiger partial charge in [0.05, 0.1) is 35.9 Å². The SMILES string of the molecule is CNC(c1cnsn1)c1cnn(C)n1. The molecule has 14 heavy (non-hydrogen) atoms. The summed E-state index contributed by atoms with van der Waals surface area (Å²) in [6.45, 7) is 0. The Kier molecular flexibility index (Phi) is 2.51. The highest BCUT2D eigenvalue weighted by Crippen LogP contribution is 2.16. The highest BCUT2D eigenvalue weighted by molar-refractivity contribution is 6.99.